The minimum atomic E-state index is -4.31. The Balaban J connectivity index is 1.53. The summed E-state index contributed by atoms with van der Waals surface area (Å²) in [4.78, 5) is 19.9. The van der Waals surface area contributed by atoms with E-state index in [1.165, 1.54) is 5.56 Å². The number of rotatable bonds is 5. The van der Waals surface area contributed by atoms with E-state index in [0.29, 0.717) is 6.42 Å². The van der Waals surface area contributed by atoms with Crippen LogP contribution >= 0.6 is 7.60 Å². The van der Waals surface area contributed by atoms with Crippen LogP contribution in [0, 0.1) is 6.92 Å². The molecule has 30 heavy (non-hydrogen) atoms. The molecule has 0 fully saturated rings. The smallest absolute Gasteiger partial charge is 0.324 e. The van der Waals surface area contributed by atoms with Crippen LogP contribution in [0.2, 0.25) is 0 Å². The molecular weight excluding hydrogens is 395 g/mol. The summed E-state index contributed by atoms with van der Waals surface area (Å²) in [5, 5.41) is -1.19. The number of aromatic nitrogens is 2. The lowest BCUT2D eigenvalue weighted by atomic mass is 9.99. The molecule has 0 saturated heterocycles. The largest absolute Gasteiger partial charge is 0.342 e. The van der Waals surface area contributed by atoms with Crippen molar-refractivity contribution in [2.75, 3.05) is 0 Å². The molecule has 1 aliphatic carbocycles. The van der Waals surface area contributed by atoms with Gasteiger partial charge >= 0.3 is 7.60 Å². The van der Waals surface area contributed by atoms with E-state index in [1.54, 1.807) is 18.2 Å². The van der Waals surface area contributed by atoms with Crippen LogP contribution in [0.4, 0.5) is 0 Å². The number of hydrogen-bond acceptors (Lipinski definition) is 1. The first-order valence-corrected chi connectivity index (χ1v) is 11.5. The van der Waals surface area contributed by atoms with Gasteiger partial charge in [-0.3, -0.25) is 4.57 Å². The molecule has 1 aliphatic rings. The van der Waals surface area contributed by atoms with E-state index in [1.807, 2.05) is 47.6 Å². The van der Waals surface area contributed by atoms with E-state index in [2.05, 4.69) is 47.9 Å². The standard InChI is InChI=1S/C24H23N2O3P/c1-20-5-7-23(8-6-20)26-17-11-22(12-18-26)21-9-15-25(16-10-21)19-24(30(27,28)29)13-3-2-4-14-24/h2-13,15-18H,14,19H2,1H3/p+2. The molecule has 0 aliphatic heterocycles. The maximum atomic E-state index is 12.2. The molecule has 5 nitrogen and oxygen atoms in total. The minimum absolute atomic E-state index is 0.223. The summed E-state index contributed by atoms with van der Waals surface area (Å²) >= 11 is 0. The number of aryl methyl sites for hydroxylation is 1. The van der Waals surface area contributed by atoms with Gasteiger partial charge in [0.2, 0.25) is 5.69 Å². The summed E-state index contributed by atoms with van der Waals surface area (Å²) in [7, 11) is -4.31. The average Bonchev–Trinajstić information content (AvgIpc) is 2.75. The highest BCUT2D eigenvalue weighted by Gasteiger charge is 2.48. The number of nitrogens with zero attached hydrogens (tertiary/aromatic N) is 2. The number of hydrogen-bond donors (Lipinski definition) is 2. The second-order valence-corrected chi connectivity index (χ2v) is 9.71. The van der Waals surface area contributed by atoms with E-state index in [-0.39, 0.29) is 6.54 Å². The highest BCUT2D eigenvalue weighted by molar-refractivity contribution is 7.53. The number of pyridine rings is 2. The van der Waals surface area contributed by atoms with Crippen LogP contribution in [0.1, 0.15) is 12.0 Å². The SMILES string of the molecule is Cc1ccc(-[n+]2ccc(-c3cc[n+](CC4(P(=O)(O)O)C=CC=CC4)cc3)cc2)cc1. The van der Waals surface area contributed by atoms with Crippen molar-refractivity contribution < 1.29 is 23.5 Å². The lowest BCUT2D eigenvalue weighted by Gasteiger charge is -2.28. The second-order valence-electron chi connectivity index (χ2n) is 7.73. The average molecular weight is 420 g/mol. The summed E-state index contributed by atoms with van der Waals surface area (Å²) in [6.07, 6.45) is 15.1. The molecule has 1 unspecified atom stereocenters. The topological polar surface area (TPSA) is 65.3 Å². The zero-order valence-electron chi connectivity index (χ0n) is 16.8. The molecule has 2 aromatic heterocycles. The molecule has 0 spiro atoms. The first kappa shape index (κ1) is 20.4. The van der Waals surface area contributed by atoms with Gasteiger partial charge in [-0.05, 0) is 24.5 Å². The van der Waals surface area contributed by atoms with Crippen molar-refractivity contribution >= 4 is 7.60 Å². The molecule has 1 aromatic carbocycles. The number of benzene rings is 1. The predicted octanol–water partition coefficient (Wildman–Crippen LogP) is 3.66. The predicted molar refractivity (Wildman–Crippen MR) is 116 cm³/mol. The van der Waals surface area contributed by atoms with Gasteiger partial charge in [0.1, 0.15) is 0 Å². The van der Waals surface area contributed by atoms with E-state index in [4.69, 9.17) is 0 Å². The fourth-order valence-electron chi connectivity index (χ4n) is 3.66. The Kier molecular flexibility index (Phi) is 5.52. The summed E-state index contributed by atoms with van der Waals surface area (Å²) in [5.74, 6) is 0. The third-order valence-corrected chi connectivity index (χ3v) is 7.18. The van der Waals surface area contributed by atoms with Gasteiger partial charge in [-0.15, -0.1) is 0 Å². The molecule has 2 heterocycles. The molecule has 1 atom stereocenters. The van der Waals surface area contributed by atoms with Crippen molar-refractivity contribution in [3.8, 4) is 16.8 Å². The van der Waals surface area contributed by atoms with Crippen LogP contribution < -0.4 is 9.13 Å². The van der Waals surface area contributed by atoms with Gasteiger partial charge in [0.25, 0.3) is 0 Å². The second kappa shape index (κ2) is 8.11. The fourth-order valence-corrected chi connectivity index (χ4v) is 4.63. The molecule has 152 valence electrons. The Morgan fingerprint density at radius 3 is 2.03 bits per heavy atom. The highest BCUT2D eigenvalue weighted by atomic mass is 31.2. The minimum Gasteiger partial charge on any atom is -0.324 e. The monoisotopic (exact) mass is 420 g/mol. The lowest BCUT2D eigenvalue weighted by molar-refractivity contribution is -0.699. The van der Waals surface area contributed by atoms with Gasteiger partial charge in [-0.1, -0.05) is 42.0 Å². The Labute approximate surface area is 176 Å². The van der Waals surface area contributed by atoms with Crippen LogP contribution in [0.15, 0.2) is 97.6 Å². The van der Waals surface area contributed by atoms with Gasteiger partial charge in [-0.25, -0.2) is 4.57 Å². The van der Waals surface area contributed by atoms with Crippen molar-refractivity contribution in [3.05, 3.63) is 103 Å². The molecular formula is C24H25N2O3P+2. The molecule has 0 saturated carbocycles. The van der Waals surface area contributed by atoms with Crippen molar-refractivity contribution in [3.63, 3.8) is 0 Å². The third kappa shape index (κ3) is 4.19. The summed E-state index contributed by atoms with van der Waals surface area (Å²) in [6.45, 7) is 2.29. The van der Waals surface area contributed by atoms with Gasteiger partial charge in [0.15, 0.2) is 36.5 Å². The quantitative estimate of drug-likeness (QED) is 0.489. The van der Waals surface area contributed by atoms with Crippen LogP contribution in [0.25, 0.3) is 16.8 Å². The maximum absolute atomic E-state index is 12.2. The molecule has 2 N–H and O–H groups in total. The van der Waals surface area contributed by atoms with E-state index >= 15 is 0 Å². The lowest BCUT2D eigenvalue weighted by Crippen LogP contribution is -2.46. The molecule has 0 amide bonds. The Bertz CT molecular complexity index is 1130. The Morgan fingerprint density at radius 1 is 0.900 bits per heavy atom. The molecule has 0 radical (unpaired) electrons. The molecule has 6 heteroatoms. The Morgan fingerprint density at radius 2 is 1.50 bits per heavy atom. The van der Waals surface area contributed by atoms with Crippen LogP contribution in [0.5, 0.6) is 0 Å². The van der Waals surface area contributed by atoms with Crippen LogP contribution in [-0.2, 0) is 11.1 Å². The van der Waals surface area contributed by atoms with Crippen LogP contribution in [-0.4, -0.2) is 14.9 Å². The van der Waals surface area contributed by atoms with Crippen molar-refractivity contribution in [2.24, 2.45) is 0 Å². The first-order chi connectivity index (χ1) is 14.4. The summed E-state index contributed by atoms with van der Waals surface area (Å²) < 4.78 is 16.1. The fraction of sp³-hybridized carbons (Fsp3) is 0.167. The zero-order chi connectivity index (χ0) is 21.2. The summed E-state index contributed by atoms with van der Waals surface area (Å²) in [6, 6.07) is 16.4. The van der Waals surface area contributed by atoms with Crippen LogP contribution in [0.3, 0.4) is 0 Å². The van der Waals surface area contributed by atoms with Gasteiger partial charge in [0.05, 0.1) is 0 Å². The van der Waals surface area contributed by atoms with E-state index in [0.717, 1.165) is 16.8 Å². The van der Waals surface area contributed by atoms with E-state index < -0.39 is 12.8 Å². The van der Waals surface area contributed by atoms with Crippen molar-refractivity contribution in [1.29, 1.82) is 0 Å². The van der Waals surface area contributed by atoms with E-state index in [9.17, 15) is 14.4 Å². The molecule has 3 aromatic rings. The molecule has 0 bridgehead atoms. The first-order valence-electron chi connectivity index (χ1n) is 9.84. The van der Waals surface area contributed by atoms with Gasteiger partial charge in [0, 0.05) is 36.4 Å². The van der Waals surface area contributed by atoms with Gasteiger partial charge < -0.3 is 9.79 Å². The number of allylic oxidation sites excluding steroid dienone is 4. The normalized spacial score (nSPS) is 18.5. The Hall–Kier alpha value is -2.85. The van der Waals surface area contributed by atoms with Crippen molar-refractivity contribution in [2.45, 2.75) is 25.0 Å². The zero-order valence-corrected chi connectivity index (χ0v) is 17.7. The molecule has 4 rings (SSSR count). The van der Waals surface area contributed by atoms with Gasteiger partial charge in [-0.2, -0.15) is 4.57 Å². The maximum Gasteiger partial charge on any atom is 0.342 e. The summed E-state index contributed by atoms with van der Waals surface area (Å²) in [5.41, 5.74) is 4.46. The third-order valence-electron chi connectivity index (χ3n) is 5.55. The van der Waals surface area contributed by atoms with Crippen molar-refractivity contribution in [1.82, 2.24) is 0 Å². The highest BCUT2D eigenvalue weighted by Crippen LogP contribution is 2.54.